The lowest BCUT2D eigenvalue weighted by Crippen LogP contribution is -2.53. The van der Waals surface area contributed by atoms with Crippen molar-refractivity contribution in [1.29, 1.82) is 0 Å². The first kappa shape index (κ1) is 11.6. The van der Waals surface area contributed by atoms with Crippen LogP contribution in [-0.2, 0) is 16.1 Å². The molecule has 1 aliphatic heterocycles. The second-order valence-electron chi connectivity index (χ2n) is 3.93. The van der Waals surface area contributed by atoms with Crippen LogP contribution in [0.2, 0.25) is 0 Å². The predicted molar refractivity (Wildman–Crippen MR) is 61.9 cm³/mol. The Morgan fingerprint density at radius 3 is 2.53 bits per heavy atom. The Labute approximate surface area is 100 Å². The Morgan fingerprint density at radius 1 is 1.18 bits per heavy atom. The normalized spacial score (nSPS) is 16.5. The van der Waals surface area contributed by atoms with E-state index < -0.39 is 11.8 Å². The van der Waals surface area contributed by atoms with Crippen molar-refractivity contribution in [1.82, 2.24) is 14.8 Å². The molecule has 0 unspecified atom stereocenters. The van der Waals surface area contributed by atoms with Crippen molar-refractivity contribution in [2.45, 2.75) is 13.5 Å². The summed E-state index contributed by atoms with van der Waals surface area (Å²) in [6.07, 6.45) is 1.68. The molecule has 2 amide bonds. The molecule has 2 heterocycles. The van der Waals surface area contributed by atoms with E-state index in [0.717, 1.165) is 5.69 Å². The van der Waals surface area contributed by atoms with E-state index in [2.05, 4.69) is 4.98 Å². The van der Waals surface area contributed by atoms with Crippen molar-refractivity contribution in [3.05, 3.63) is 30.1 Å². The first-order valence-corrected chi connectivity index (χ1v) is 5.70. The number of hydrogen-bond acceptors (Lipinski definition) is 3. The number of carbonyl (C=O) groups excluding carboxylic acids is 2. The molecule has 0 saturated carbocycles. The molecular weight excluding hydrogens is 218 g/mol. The molecular formula is C12H15N3O2. The first-order valence-electron chi connectivity index (χ1n) is 5.70. The van der Waals surface area contributed by atoms with E-state index in [9.17, 15) is 9.59 Å². The van der Waals surface area contributed by atoms with Gasteiger partial charge in [-0.05, 0) is 19.1 Å². The SMILES string of the molecule is CCN1CCN(Cc2ccccn2)C(=O)C1=O. The summed E-state index contributed by atoms with van der Waals surface area (Å²) < 4.78 is 0. The molecule has 1 saturated heterocycles. The molecule has 0 radical (unpaired) electrons. The molecule has 0 N–H and O–H groups in total. The summed E-state index contributed by atoms with van der Waals surface area (Å²) in [6, 6.07) is 5.55. The van der Waals surface area contributed by atoms with Gasteiger partial charge in [0, 0.05) is 25.8 Å². The number of hydrogen-bond donors (Lipinski definition) is 0. The van der Waals surface area contributed by atoms with Crippen LogP contribution in [0.25, 0.3) is 0 Å². The van der Waals surface area contributed by atoms with Crippen molar-refractivity contribution in [2.75, 3.05) is 19.6 Å². The molecule has 2 rings (SSSR count). The summed E-state index contributed by atoms with van der Waals surface area (Å²) >= 11 is 0. The topological polar surface area (TPSA) is 53.5 Å². The average Bonchev–Trinajstić information content (AvgIpc) is 2.37. The second-order valence-corrected chi connectivity index (χ2v) is 3.93. The van der Waals surface area contributed by atoms with Gasteiger partial charge in [0.15, 0.2) is 0 Å². The van der Waals surface area contributed by atoms with E-state index in [-0.39, 0.29) is 0 Å². The molecule has 0 aliphatic carbocycles. The lowest BCUT2D eigenvalue weighted by Gasteiger charge is -2.32. The van der Waals surface area contributed by atoms with Gasteiger partial charge in [-0.15, -0.1) is 0 Å². The highest BCUT2D eigenvalue weighted by molar-refractivity contribution is 6.35. The van der Waals surface area contributed by atoms with Gasteiger partial charge in [-0.25, -0.2) is 0 Å². The molecule has 0 atom stereocenters. The van der Waals surface area contributed by atoms with Crippen LogP contribution in [0.5, 0.6) is 0 Å². The number of aromatic nitrogens is 1. The summed E-state index contributed by atoms with van der Waals surface area (Å²) in [6.45, 7) is 4.05. The van der Waals surface area contributed by atoms with Gasteiger partial charge < -0.3 is 9.80 Å². The van der Waals surface area contributed by atoms with E-state index in [1.807, 2.05) is 25.1 Å². The molecule has 17 heavy (non-hydrogen) atoms. The number of likely N-dealkylation sites (N-methyl/N-ethyl adjacent to an activating group) is 1. The molecule has 0 bridgehead atoms. The number of amides is 2. The van der Waals surface area contributed by atoms with Gasteiger partial charge in [0.2, 0.25) is 0 Å². The number of piperazine rings is 1. The fourth-order valence-corrected chi connectivity index (χ4v) is 1.85. The van der Waals surface area contributed by atoms with Crippen molar-refractivity contribution in [3.63, 3.8) is 0 Å². The minimum atomic E-state index is -0.427. The molecule has 1 aromatic heterocycles. The van der Waals surface area contributed by atoms with Gasteiger partial charge in [0.1, 0.15) is 0 Å². The van der Waals surface area contributed by atoms with Crippen LogP contribution in [0.4, 0.5) is 0 Å². The fourth-order valence-electron chi connectivity index (χ4n) is 1.85. The van der Waals surface area contributed by atoms with Crippen LogP contribution < -0.4 is 0 Å². The molecule has 0 aromatic carbocycles. The van der Waals surface area contributed by atoms with Gasteiger partial charge in [-0.1, -0.05) is 6.07 Å². The smallest absolute Gasteiger partial charge is 0.312 e. The highest BCUT2D eigenvalue weighted by atomic mass is 16.2. The highest BCUT2D eigenvalue weighted by Gasteiger charge is 2.31. The van der Waals surface area contributed by atoms with Crippen LogP contribution >= 0.6 is 0 Å². The standard InChI is InChI=1S/C12H15N3O2/c1-2-14-7-8-15(12(17)11(14)16)9-10-5-3-4-6-13-10/h3-6H,2,7-9H2,1H3. The maximum atomic E-state index is 11.8. The number of carbonyl (C=O) groups is 2. The number of pyridine rings is 1. The summed E-state index contributed by atoms with van der Waals surface area (Å²) in [7, 11) is 0. The highest BCUT2D eigenvalue weighted by Crippen LogP contribution is 2.08. The van der Waals surface area contributed by atoms with E-state index in [1.54, 1.807) is 16.0 Å². The van der Waals surface area contributed by atoms with Crippen LogP contribution in [0.15, 0.2) is 24.4 Å². The summed E-state index contributed by atoms with van der Waals surface area (Å²) in [5.74, 6) is -0.835. The Balaban J connectivity index is 2.04. The van der Waals surface area contributed by atoms with Gasteiger partial charge >= 0.3 is 11.8 Å². The van der Waals surface area contributed by atoms with Crippen molar-refractivity contribution < 1.29 is 9.59 Å². The largest absolute Gasteiger partial charge is 0.333 e. The van der Waals surface area contributed by atoms with E-state index >= 15 is 0 Å². The van der Waals surface area contributed by atoms with E-state index in [0.29, 0.717) is 26.2 Å². The zero-order valence-corrected chi connectivity index (χ0v) is 9.80. The Kier molecular flexibility index (Phi) is 3.37. The molecule has 5 heteroatoms. The van der Waals surface area contributed by atoms with Gasteiger partial charge in [0.25, 0.3) is 0 Å². The van der Waals surface area contributed by atoms with Crippen LogP contribution in [-0.4, -0.2) is 46.2 Å². The van der Waals surface area contributed by atoms with Gasteiger partial charge in [-0.3, -0.25) is 14.6 Å². The Morgan fingerprint density at radius 2 is 1.88 bits per heavy atom. The Bertz CT molecular complexity index is 419. The van der Waals surface area contributed by atoms with Gasteiger partial charge in [-0.2, -0.15) is 0 Å². The maximum absolute atomic E-state index is 11.8. The number of rotatable bonds is 3. The second kappa shape index (κ2) is 4.95. The maximum Gasteiger partial charge on any atom is 0.312 e. The molecule has 1 aliphatic rings. The molecule has 5 nitrogen and oxygen atoms in total. The third-order valence-electron chi connectivity index (χ3n) is 2.86. The number of nitrogens with zero attached hydrogens (tertiary/aromatic N) is 3. The third-order valence-corrected chi connectivity index (χ3v) is 2.86. The quantitative estimate of drug-likeness (QED) is 0.704. The van der Waals surface area contributed by atoms with Crippen molar-refractivity contribution in [2.24, 2.45) is 0 Å². The Hall–Kier alpha value is -1.91. The zero-order chi connectivity index (χ0) is 12.3. The fraction of sp³-hybridized carbons (Fsp3) is 0.417. The summed E-state index contributed by atoms with van der Waals surface area (Å²) in [5, 5.41) is 0. The van der Waals surface area contributed by atoms with Crippen molar-refractivity contribution in [3.8, 4) is 0 Å². The minimum absolute atomic E-state index is 0.406. The monoisotopic (exact) mass is 233 g/mol. The average molecular weight is 233 g/mol. The molecule has 1 aromatic rings. The lowest BCUT2D eigenvalue weighted by molar-refractivity contribution is -0.156. The van der Waals surface area contributed by atoms with Crippen LogP contribution in [0, 0.1) is 0 Å². The van der Waals surface area contributed by atoms with Gasteiger partial charge in [0.05, 0.1) is 12.2 Å². The first-order chi connectivity index (χ1) is 8.22. The molecule has 90 valence electrons. The minimum Gasteiger partial charge on any atom is -0.333 e. The van der Waals surface area contributed by atoms with E-state index in [1.165, 1.54) is 0 Å². The lowest BCUT2D eigenvalue weighted by atomic mass is 10.2. The molecule has 0 spiro atoms. The van der Waals surface area contributed by atoms with Crippen molar-refractivity contribution >= 4 is 11.8 Å². The summed E-state index contributed by atoms with van der Waals surface area (Å²) in [5.41, 5.74) is 0.804. The predicted octanol–water partition coefficient (Wildman–Crippen LogP) is 0.272. The molecule has 1 fully saturated rings. The van der Waals surface area contributed by atoms with E-state index in [4.69, 9.17) is 0 Å². The summed E-state index contributed by atoms with van der Waals surface area (Å²) in [4.78, 5) is 30.7. The van der Waals surface area contributed by atoms with Crippen LogP contribution in [0.3, 0.4) is 0 Å². The van der Waals surface area contributed by atoms with Crippen LogP contribution in [0.1, 0.15) is 12.6 Å². The third kappa shape index (κ3) is 2.43. The zero-order valence-electron chi connectivity index (χ0n) is 9.80.